The van der Waals surface area contributed by atoms with Crippen LogP contribution in [0.5, 0.6) is 0 Å². The van der Waals surface area contributed by atoms with E-state index in [0.29, 0.717) is 31.2 Å². The highest BCUT2D eigenvalue weighted by Gasteiger charge is 2.28. The molecule has 104 valence electrons. The Hall–Kier alpha value is -1.89. The molecule has 0 radical (unpaired) electrons. The van der Waals surface area contributed by atoms with Gasteiger partial charge in [-0.2, -0.15) is 0 Å². The molecule has 0 spiro atoms. The first-order valence-corrected chi connectivity index (χ1v) is 6.34. The number of hydrogen-bond acceptors (Lipinski definition) is 4. The van der Waals surface area contributed by atoms with E-state index in [0.717, 1.165) is 12.8 Å². The highest BCUT2D eigenvalue weighted by atomic mass is 16.6. The molecule has 0 bridgehead atoms. The summed E-state index contributed by atoms with van der Waals surface area (Å²) in [7, 11) is 1.54. The molecular weight excluding hydrogens is 248 g/mol. The van der Waals surface area contributed by atoms with E-state index < -0.39 is 4.92 Å². The first kappa shape index (κ1) is 13.5. The van der Waals surface area contributed by atoms with Crippen LogP contribution in [0.15, 0.2) is 12.1 Å². The van der Waals surface area contributed by atoms with Gasteiger partial charge in [-0.1, -0.05) is 0 Å². The fourth-order valence-electron chi connectivity index (χ4n) is 2.43. The molecule has 1 aromatic rings. The van der Waals surface area contributed by atoms with Crippen LogP contribution in [0.2, 0.25) is 0 Å². The molecule has 0 atom stereocenters. The predicted molar refractivity (Wildman–Crippen MR) is 69.7 cm³/mol. The Labute approximate surface area is 111 Å². The van der Waals surface area contributed by atoms with Gasteiger partial charge in [0.1, 0.15) is 0 Å². The maximum absolute atomic E-state index is 12.3. The van der Waals surface area contributed by atoms with Crippen molar-refractivity contribution in [2.75, 3.05) is 19.6 Å². The van der Waals surface area contributed by atoms with Crippen molar-refractivity contribution < 1.29 is 9.72 Å². The number of piperidine rings is 1. The Bertz CT molecular complexity index is 489. The van der Waals surface area contributed by atoms with Crippen LogP contribution in [-0.4, -0.2) is 39.9 Å². The average Bonchev–Trinajstić information content (AvgIpc) is 2.80. The molecule has 1 aromatic heterocycles. The van der Waals surface area contributed by atoms with Crippen LogP contribution in [0.4, 0.5) is 5.82 Å². The number of rotatable bonds is 3. The van der Waals surface area contributed by atoms with Crippen molar-refractivity contribution >= 4 is 11.7 Å². The van der Waals surface area contributed by atoms with Crippen LogP contribution in [0.3, 0.4) is 0 Å². The van der Waals surface area contributed by atoms with E-state index in [4.69, 9.17) is 5.73 Å². The number of nitrogens with two attached hydrogens (primary N) is 1. The van der Waals surface area contributed by atoms with Crippen LogP contribution in [-0.2, 0) is 7.05 Å². The maximum atomic E-state index is 12.3. The van der Waals surface area contributed by atoms with Gasteiger partial charge in [0.2, 0.25) is 0 Å². The molecule has 1 fully saturated rings. The SMILES string of the molecule is Cn1c(C(=O)N2CCC(CN)CC2)ccc1[N+](=O)[O-]. The Balaban J connectivity index is 2.10. The molecule has 7 heteroatoms. The number of carbonyl (C=O) groups is 1. The predicted octanol–water partition coefficient (Wildman–Crippen LogP) is 0.744. The highest BCUT2D eigenvalue weighted by Crippen LogP contribution is 2.21. The first-order chi connectivity index (χ1) is 9.04. The van der Waals surface area contributed by atoms with Gasteiger partial charge < -0.3 is 20.7 Å². The monoisotopic (exact) mass is 266 g/mol. The molecule has 2 rings (SSSR count). The van der Waals surface area contributed by atoms with Gasteiger partial charge in [-0.05, 0) is 36.3 Å². The number of nitrogens with zero attached hydrogens (tertiary/aromatic N) is 3. The fraction of sp³-hybridized carbons (Fsp3) is 0.583. The molecule has 1 aliphatic heterocycles. The second-order valence-corrected chi connectivity index (χ2v) is 4.86. The number of likely N-dealkylation sites (tertiary alicyclic amines) is 1. The zero-order valence-electron chi connectivity index (χ0n) is 10.9. The average molecular weight is 266 g/mol. The molecule has 2 N–H and O–H groups in total. The summed E-state index contributed by atoms with van der Waals surface area (Å²) in [6.07, 6.45) is 1.80. The summed E-state index contributed by atoms with van der Waals surface area (Å²) in [5.41, 5.74) is 5.97. The summed E-state index contributed by atoms with van der Waals surface area (Å²) in [5.74, 6) is 0.262. The van der Waals surface area contributed by atoms with E-state index in [2.05, 4.69) is 0 Å². The zero-order valence-corrected chi connectivity index (χ0v) is 10.9. The minimum atomic E-state index is -0.489. The lowest BCUT2D eigenvalue weighted by Crippen LogP contribution is -2.40. The van der Waals surface area contributed by atoms with Crippen LogP contribution in [0.1, 0.15) is 23.3 Å². The molecular formula is C12H18N4O3. The number of hydrogen-bond donors (Lipinski definition) is 1. The molecule has 2 heterocycles. The van der Waals surface area contributed by atoms with E-state index in [1.165, 1.54) is 23.7 Å². The molecule has 0 saturated carbocycles. The maximum Gasteiger partial charge on any atom is 0.323 e. The molecule has 1 aliphatic rings. The number of amides is 1. The largest absolute Gasteiger partial charge is 0.358 e. The number of aromatic nitrogens is 1. The Kier molecular flexibility index (Phi) is 3.84. The molecule has 0 aromatic carbocycles. The lowest BCUT2D eigenvalue weighted by Gasteiger charge is -2.30. The van der Waals surface area contributed by atoms with Crippen LogP contribution in [0, 0.1) is 16.0 Å². The number of carbonyl (C=O) groups excluding carboxylic acids is 1. The third-order valence-electron chi connectivity index (χ3n) is 3.74. The van der Waals surface area contributed by atoms with Crippen LogP contribution in [0.25, 0.3) is 0 Å². The molecule has 0 aliphatic carbocycles. The highest BCUT2D eigenvalue weighted by molar-refractivity contribution is 5.93. The van der Waals surface area contributed by atoms with E-state index in [1.54, 1.807) is 4.90 Å². The number of nitro groups is 1. The van der Waals surface area contributed by atoms with Crippen molar-refractivity contribution in [3.63, 3.8) is 0 Å². The summed E-state index contributed by atoms with van der Waals surface area (Å²) in [4.78, 5) is 24.3. The quantitative estimate of drug-likeness (QED) is 0.645. The van der Waals surface area contributed by atoms with E-state index in [1.807, 2.05) is 0 Å². The van der Waals surface area contributed by atoms with Gasteiger partial charge in [0.15, 0.2) is 5.69 Å². The summed E-state index contributed by atoms with van der Waals surface area (Å²) in [5, 5.41) is 10.8. The summed E-state index contributed by atoms with van der Waals surface area (Å²) < 4.78 is 1.33. The van der Waals surface area contributed by atoms with E-state index in [9.17, 15) is 14.9 Å². The van der Waals surface area contributed by atoms with Crippen LogP contribution < -0.4 is 5.73 Å². The van der Waals surface area contributed by atoms with Crippen molar-refractivity contribution in [1.82, 2.24) is 9.47 Å². The summed E-state index contributed by atoms with van der Waals surface area (Å²) in [6, 6.07) is 2.87. The van der Waals surface area contributed by atoms with Gasteiger partial charge in [0.05, 0.1) is 7.05 Å². The van der Waals surface area contributed by atoms with Crippen molar-refractivity contribution in [2.24, 2.45) is 18.7 Å². The molecule has 7 nitrogen and oxygen atoms in total. The standard InChI is InChI=1S/C12H18N4O3/c1-14-10(2-3-11(14)16(18)19)12(17)15-6-4-9(8-13)5-7-15/h2-3,9H,4-8,13H2,1H3. The first-order valence-electron chi connectivity index (χ1n) is 6.34. The van der Waals surface area contributed by atoms with Gasteiger partial charge in [-0.15, -0.1) is 0 Å². The third-order valence-corrected chi connectivity index (χ3v) is 3.74. The van der Waals surface area contributed by atoms with Crippen molar-refractivity contribution in [1.29, 1.82) is 0 Å². The van der Waals surface area contributed by atoms with Gasteiger partial charge in [-0.25, -0.2) is 4.57 Å². The lowest BCUT2D eigenvalue weighted by atomic mass is 9.97. The van der Waals surface area contributed by atoms with Crippen molar-refractivity contribution in [3.8, 4) is 0 Å². The second kappa shape index (κ2) is 5.40. The Morgan fingerprint density at radius 2 is 2.11 bits per heavy atom. The van der Waals surface area contributed by atoms with E-state index >= 15 is 0 Å². The molecule has 1 saturated heterocycles. The van der Waals surface area contributed by atoms with E-state index in [-0.39, 0.29) is 11.7 Å². The van der Waals surface area contributed by atoms with Gasteiger partial charge >= 0.3 is 5.82 Å². The smallest absolute Gasteiger partial charge is 0.323 e. The minimum Gasteiger partial charge on any atom is -0.358 e. The van der Waals surface area contributed by atoms with Crippen molar-refractivity contribution in [2.45, 2.75) is 12.8 Å². The molecule has 0 unspecified atom stereocenters. The van der Waals surface area contributed by atoms with Gasteiger partial charge in [-0.3, -0.25) is 4.79 Å². The lowest BCUT2D eigenvalue weighted by molar-refractivity contribution is -0.391. The fourth-order valence-corrected chi connectivity index (χ4v) is 2.43. The normalized spacial score (nSPS) is 16.6. The minimum absolute atomic E-state index is 0.0693. The Morgan fingerprint density at radius 1 is 1.47 bits per heavy atom. The van der Waals surface area contributed by atoms with Crippen LogP contribution >= 0.6 is 0 Å². The topological polar surface area (TPSA) is 94.4 Å². The zero-order chi connectivity index (χ0) is 14.0. The van der Waals surface area contributed by atoms with Gasteiger partial charge in [0.25, 0.3) is 5.91 Å². The summed E-state index contributed by atoms with van der Waals surface area (Å²) >= 11 is 0. The third kappa shape index (κ3) is 2.60. The van der Waals surface area contributed by atoms with Crippen molar-refractivity contribution in [3.05, 3.63) is 27.9 Å². The summed E-state index contributed by atoms with van der Waals surface area (Å²) in [6.45, 7) is 1.98. The Morgan fingerprint density at radius 3 is 2.58 bits per heavy atom. The van der Waals surface area contributed by atoms with Gasteiger partial charge in [0, 0.05) is 19.2 Å². The molecule has 1 amide bonds. The second-order valence-electron chi connectivity index (χ2n) is 4.86. The molecule has 19 heavy (non-hydrogen) atoms.